The molecule has 0 aromatic rings. The maximum atomic E-state index is 11.2. The average Bonchev–Trinajstić information content (AvgIpc) is 2.34. The molecule has 0 saturated carbocycles. The van der Waals surface area contributed by atoms with E-state index in [2.05, 4.69) is 25.3 Å². The summed E-state index contributed by atoms with van der Waals surface area (Å²) < 4.78 is 15.5. The van der Waals surface area contributed by atoms with Gasteiger partial charge in [-0.05, 0) is 13.8 Å². The van der Waals surface area contributed by atoms with Gasteiger partial charge in [0.1, 0.15) is 12.7 Å². The summed E-state index contributed by atoms with van der Waals surface area (Å²) in [6.45, 7) is 3.99. The summed E-state index contributed by atoms with van der Waals surface area (Å²) >= 11 is 7.88. The largest absolute Gasteiger partial charge is 0.463 e. The van der Waals surface area contributed by atoms with Gasteiger partial charge in [0.25, 0.3) is 0 Å². The second-order valence-corrected chi connectivity index (χ2v) is 4.97. The minimum absolute atomic E-state index is 0.184. The zero-order valence-corrected chi connectivity index (χ0v) is 13.1. The van der Waals surface area contributed by atoms with E-state index in [0.717, 1.165) is 0 Å². The number of carbonyl (C=O) groups excluding carboxylic acids is 2. The van der Waals surface area contributed by atoms with Gasteiger partial charge in [0.05, 0.1) is 25.6 Å². The van der Waals surface area contributed by atoms with Crippen LogP contribution in [0.5, 0.6) is 0 Å². The zero-order valence-electron chi connectivity index (χ0n) is 11.3. The Morgan fingerprint density at radius 1 is 0.947 bits per heavy atom. The Kier molecular flexibility index (Phi) is 11.2. The van der Waals surface area contributed by atoms with Crippen LogP contribution in [0.25, 0.3) is 0 Å². The molecule has 0 bridgehead atoms. The highest BCUT2D eigenvalue weighted by atomic mass is 32.1. The predicted molar refractivity (Wildman–Crippen MR) is 78.9 cm³/mol. The molecule has 7 heteroatoms. The van der Waals surface area contributed by atoms with Crippen LogP contribution in [0.15, 0.2) is 0 Å². The molecule has 0 spiro atoms. The summed E-state index contributed by atoms with van der Waals surface area (Å²) in [5, 5.41) is 0. The summed E-state index contributed by atoms with van der Waals surface area (Å²) in [6.07, 6.45) is -0.00403. The summed E-state index contributed by atoms with van der Waals surface area (Å²) in [4.78, 5) is 22.3. The fraction of sp³-hybridized carbons (Fsp3) is 0.833. The SMILES string of the molecule is CC(COC(=O)CCS)OCC(C)OC(=O)CCS. The van der Waals surface area contributed by atoms with Gasteiger partial charge in [-0.1, -0.05) is 0 Å². The highest BCUT2D eigenvalue weighted by Crippen LogP contribution is 2.01. The maximum Gasteiger partial charge on any atom is 0.306 e. The van der Waals surface area contributed by atoms with Crippen LogP contribution >= 0.6 is 25.3 Å². The van der Waals surface area contributed by atoms with Crippen LogP contribution in [0.4, 0.5) is 0 Å². The summed E-state index contributed by atoms with van der Waals surface area (Å²) in [5.74, 6) is 0.341. The second kappa shape index (κ2) is 11.4. The van der Waals surface area contributed by atoms with E-state index >= 15 is 0 Å². The van der Waals surface area contributed by atoms with Crippen LogP contribution in [0, 0.1) is 0 Å². The minimum atomic E-state index is -0.331. The third kappa shape index (κ3) is 11.1. The van der Waals surface area contributed by atoms with E-state index < -0.39 is 0 Å². The third-order valence-electron chi connectivity index (χ3n) is 2.06. The molecule has 0 rings (SSSR count). The van der Waals surface area contributed by atoms with Crippen molar-refractivity contribution < 1.29 is 23.8 Å². The first-order valence-corrected chi connectivity index (χ1v) is 7.44. The van der Waals surface area contributed by atoms with Crippen molar-refractivity contribution in [3.05, 3.63) is 0 Å². The van der Waals surface area contributed by atoms with E-state index in [9.17, 15) is 9.59 Å². The molecule has 0 radical (unpaired) electrons. The fourth-order valence-electron chi connectivity index (χ4n) is 1.13. The maximum absolute atomic E-state index is 11.2. The Bertz CT molecular complexity index is 273. The first-order chi connectivity index (χ1) is 8.99. The molecule has 0 aliphatic rings. The molecule has 0 N–H and O–H groups in total. The Hall–Kier alpha value is -0.400. The van der Waals surface area contributed by atoms with E-state index in [1.165, 1.54) is 0 Å². The normalized spacial score (nSPS) is 13.7. The standard InChI is InChI=1S/C12H22O5S2/c1-9(7-16-11(13)3-5-18)15-8-10(2)17-12(14)4-6-19/h9-10,18-19H,3-8H2,1-2H3. The first-order valence-electron chi connectivity index (χ1n) is 6.18. The fourth-order valence-corrected chi connectivity index (χ4v) is 1.50. The number of esters is 2. The van der Waals surface area contributed by atoms with E-state index in [0.29, 0.717) is 11.5 Å². The molecule has 112 valence electrons. The van der Waals surface area contributed by atoms with E-state index in [4.69, 9.17) is 14.2 Å². The smallest absolute Gasteiger partial charge is 0.306 e. The van der Waals surface area contributed by atoms with E-state index in [-0.39, 0.29) is 50.2 Å². The van der Waals surface area contributed by atoms with Gasteiger partial charge in [-0.25, -0.2) is 0 Å². The Labute approximate surface area is 125 Å². The van der Waals surface area contributed by atoms with Crippen molar-refractivity contribution >= 4 is 37.2 Å². The lowest BCUT2D eigenvalue weighted by Gasteiger charge is -2.17. The van der Waals surface area contributed by atoms with Crippen LogP contribution in [0.3, 0.4) is 0 Å². The van der Waals surface area contributed by atoms with Crippen LogP contribution in [-0.4, -0.2) is 48.9 Å². The molecule has 0 heterocycles. The molecular formula is C12H22O5S2. The quantitative estimate of drug-likeness (QED) is 0.473. The number of ether oxygens (including phenoxy) is 3. The zero-order chi connectivity index (χ0) is 14.7. The summed E-state index contributed by atoms with van der Waals surface area (Å²) in [5.41, 5.74) is 0. The molecule has 0 saturated heterocycles. The van der Waals surface area contributed by atoms with Crippen molar-refractivity contribution in [1.82, 2.24) is 0 Å². The Morgan fingerprint density at radius 3 is 2.11 bits per heavy atom. The molecular weight excluding hydrogens is 288 g/mol. The van der Waals surface area contributed by atoms with Crippen LogP contribution < -0.4 is 0 Å². The van der Waals surface area contributed by atoms with E-state index in [1.807, 2.05) is 0 Å². The summed E-state index contributed by atoms with van der Waals surface area (Å²) in [6, 6.07) is 0. The number of carbonyl (C=O) groups is 2. The molecule has 0 aliphatic carbocycles. The van der Waals surface area contributed by atoms with Crippen molar-refractivity contribution in [2.45, 2.75) is 38.9 Å². The number of rotatable bonds is 10. The number of thiol groups is 2. The predicted octanol–water partition coefficient (Wildman–Crippen LogP) is 1.51. The number of hydrogen-bond donors (Lipinski definition) is 2. The van der Waals surface area contributed by atoms with Gasteiger partial charge < -0.3 is 14.2 Å². The monoisotopic (exact) mass is 310 g/mol. The van der Waals surface area contributed by atoms with Gasteiger partial charge in [0.2, 0.25) is 0 Å². The van der Waals surface area contributed by atoms with Crippen molar-refractivity contribution in [2.24, 2.45) is 0 Å². The van der Waals surface area contributed by atoms with Gasteiger partial charge in [-0.3, -0.25) is 9.59 Å². The lowest BCUT2D eigenvalue weighted by Crippen LogP contribution is -2.26. The molecule has 0 aromatic carbocycles. The number of hydrogen-bond acceptors (Lipinski definition) is 7. The molecule has 0 aliphatic heterocycles. The van der Waals surface area contributed by atoms with Crippen molar-refractivity contribution in [3.63, 3.8) is 0 Å². The van der Waals surface area contributed by atoms with Crippen LogP contribution in [-0.2, 0) is 23.8 Å². The Balaban J connectivity index is 3.68. The van der Waals surface area contributed by atoms with Gasteiger partial charge in [-0.15, -0.1) is 0 Å². The van der Waals surface area contributed by atoms with Crippen LogP contribution in [0.1, 0.15) is 26.7 Å². The highest BCUT2D eigenvalue weighted by molar-refractivity contribution is 7.80. The lowest BCUT2D eigenvalue weighted by molar-refractivity contribution is -0.153. The molecule has 2 unspecified atom stereocenters. The average molecular weight is 310 g/mol. The molecule has 19 heavy (non-hydrogen) atoms. The van der Waals surface area contributed by atoms with Crippen molar-refractivity contribution in [1.29, 1.82) is 0 Å². The van der Waals surface area contributed by atoms with Gasteiger partial charge in [-0.2, -0.15) is 25.3 Å². The summed E-state index contributed by atoms with van der Waals surface area (Å²) in [7, 11) is 0. The topological polar surface area (TPSA) is 61.8 Å². The molecule has 2 atom stereocenters. The van der Waals surface area contributed by atoms with Crippen molar-refractivity contribution in [2.75, 3.05) is 24.7 Å². The van der Waals surface area contributed by atoms with Crippen LogP contribution in [0.2, 0.25) is 0 Å². The van der Waals surface area contributed by atoms with Gasteiger partial charge in [0.15, 0.2) is 0 Å². The van der Waals surface area contributed by atoms with Gasteiger partial charge >= 0.3 is 11.9 Å². The van der Waals surface area contributed by atoms with Crippen molar-refractivity contribution in [3.8, 4) is 0 Å². The molecule has 0 amide bonds. The first kappa shape index (κ1) is 18.6. The van der Waals surface area contributed by atoms with E-state index in [1.54, 1.807) is 13.8 Å². The van der Waals surface area contributed by atoms with Gasteiger partial charge in [0, 0.05) is 11.5 Å². The Morgan fingerprint density at radius 2 is 1.53 bits per heavy atom. The lowest BCUT2D eigenvalue weighted by atomic mass is 10.4. The highest BCUT2D eigenvalue weighted by Gasteiger charge is 2.12. The molecule has 0 aromatic heterocycles. The minimum Gasteiger partial charge on any atom is -0.463 e. The second-order valence-electron chi connectivity index (χ2n) is 4.07. The third-order valence-corrected chi connectivity index (χ3v) is 2.51. The molecule has 5 nitrogen and oxygen atoms in total. The molecule has 0 fully saturated rings.